The topological polar surface area (TPSA) is 52.9 Å². The molecule has 0 aromatic heterocycles. The van der Waals surface area contributed by atoms with Crippen LogP contribution in [0.1, 0.15) is 12.8 Å². The number of para-hydroxylation sites is 1. The molecule has 0 aliphatic carbocycles. The zero-order valence-electron chi connectivity index (χ0n) is 9.28. The summed E-state index contributed by atoms with van der Waals surface area (Å²) in [6.45, 7) is 0. The molecule has 5 heteroatoms. The Hall–Kier alpha value is -1.18. The van der Waals surface area contributed by atoms with Crippen LogP contribution in [-0.2, 0) is 4.79 Å². The Kier molecular flexibility index (Phi) is 6.53. The van der Waals surface area contributed by atoms with E-state index < -0.39 is 0 Å². The van der Waals surface area contributed by atoms with Gasteiger partial charge >= 0.3 is 0 Å². The number of unbranched alkanes of at least 4 members (excludes halogenated alkanes) is 1. The van der Waals surface area contributed by atoms with Crippen molar-refractivity contribution in [1.29, 1.82) is 5.26 Å². The molecule has 1 N–H and O–H groups in total. The number of thioether (sulfide) groups is 1. The minimum atomic E-state index is -0.0694. The quantitative estimate of drug-likeness (QED) is 0.806. The molecule has 0 heterocycles. The fraction of sp³-hybridized carbons (Fsp3) is 0.333. The van der Waals surface area contributed by atoms with E-state index in [-0.39, 0.29) is 5.91 Å². The van der Waals surface area contributed by atoms with E-state index in [0.717, 1.165) is 12.2 Å². The number of carbonyl (C=O) groups excluding carboxylic acids is 1. The van der Waals surface area contributed by atoms with E-state index in [9.17, 15) is 4.79 Å². The summed E-state index contributed by atoms with van der Waals surface area (Å²) in [6, 6.07) is 9.20. The van der Waals surface area contributed by atoms with E-state index in [2.05, 4.69) is 11.4 Å². The summed E-state index contributed by atoms with van der Waals surface area (Å²) in [5.74, 6) is 1.14. The molecule has 1 aromatic carbocycles. The highest BCUT2D eigenvalue weighted by Crippen LogP contribution is 2.20. The zero-order chi connectivity index (χ0) is 12.5. The largest absolute Gasteiger partial charge is 0.324 e. The summed E-state index contributed by atoms with van der Waals surface area (Å²) in [7, 11) is 0. The zero-order valence-corrected chi connectivity index (χ0v) is 10.9. The predicted octanol–water partition coefficient (Wildman–Crippen LogP) is 3.32. The second-order valence-electron chi connectivity index (χ2n) is 3.34. The molecule has 0 fully saturated rings. The van der Waals surface area contributed by atoms with Crippen LogP contribution in [0.15, 0.2) is 24.3 Å². The van der Waals surface area contributed by atoms with E-state index in [0.29, 0.717) is 22.9 Å². The van der Waals surface area contributed by atoms with Gasteiger partial charge < -0.3 is 5.32 Å². The molecular formula is C12H13ClN2OS. The maximum Gasteiger partial charge on any atom is 0.234 e. The lowest BCUT2D eigenvalue weighted by Crippen LogP contribution is -2.14. The van der Waals surface area contributed by atoms with Crippen LogP contribution in [0.25, 0.3) is 0 Å². The SMILES string of the molecule is N#CCCCSCC(=O)Nc1ccccc1Cl. The molecule has 17 heavy (non-hydrogen) atoms. The average Bonchev–Trinajstić information content (AvgIpc) is 2.32. The maximum absolute atomic E-state index is 11.5. The second-order valence-corrected chi connectivity index (χ2v) is 4.85. The van der Waals surface area contributed by atoms with Crippen molar-refractivity contribution in [3.8, 4) is 6.07 Å². The number of carbonyl (C=O) groups is 1. The van der Waals surface area contributed by atoms with E-state index in [1.165, 1.54) is 11.8 Å². The Morgan fingerprint density at radius 1 is 1.47 bits per heavy atom. The Morgan fingerprint density at radius 2 is 2.24 bits per heavy atom. The van der Waals surface area contributed by atoms with Gasteiger partial charge in [0.2, 0.25) is 5.91 Å². The molecular weight excluding hydrogens is 256 g/mol. The molecule has 0 saturated carbocycles. The predicted molar refractivity (Wildman–Crippen MR) is 72.3 cm³/mol. The molecule has 3 nitrogen and oxygen atoms in total. The van der Waals surface area contributed by atoms with Crippen molar-refractivity contribution in [2.75, 3.05) is 16.8 Å². The molecule has 90 valence electrons. The van der Waals surface area contributed by atoms with E-state index in [1.54, 1.807) is 12.1 Å². The minimum absolute atomic E-state index is 0.0694. The normalized spacial score (nSPS) is 9.65. The Balaban J connectivity index is 2.26. The monoisotopic (exact) mass is 268 g/mol. The molecule has 0 atom stereocenters. The van der Waals surface area contributed by atoms with Gasteiger partial charge in [-0.2, -0.15) is 17.0 Å². The van der Waals surface area contributed by atoms with Crippen LogP contribution in [0.3, 0.4) is 0 Å². The van der Waals surface area contributed by atoms with Gasteiger partial charge in [-0.15, -0.1) is 0 Å². The lowest BCUT2D eigenvalue weighted by atomic mass is 10.3. The molecule has 1 aromatic rings. The Morgan fingerprint density at radius 3 is 2.94 bits per heavy atom. The van der Waals surface area contributed by atoms with Crippen LogP contribution < -0.4 is 5.32 Å². The van der Waals surface area contributed by atoms with Crippen LogP contribution in [0.5, 0.6) is 0 Å². The number of hydrogen-bond donors (Lipinski definition) is 1. The van der Waals surface area contributed by atoms with Crippen molar-refractivity contribution in [1.82, 2.24) is 0 Å². The molecule has 0 aliphatic rings. The number of amides is 1. The average molecular weight is 269 g/mol. The first-order valence-corrected chi connectivity index (χ1v) is 6.76. The van der Waals surface area contributed by atoms with Gasteiger partial charge in [0, 0.05) is 6.42 Å². The summed E-state index contributed by atoms with van der Waals surface area (Å²) >= 11 is 7.43. The van der Waals surface area contributed by atoms with Crippen LogP contribution >= 0.6 is 23.4 Å². The Labute approximate surface area is 110 Å². The van der Waals surface area contributed by atoms with Gasteiger partial charge in [-0.05, 0) is 24.3 Å². The summed E-state index contributed by atoms with van der Waals surface area (Å²) in [5.41, 5.74) is 0.636. The van der Waals surface area contributed by atoms with Gasteiger partial charge in [0.15, 0.2) is 0 Å². The Bertz CT molecular complexity index is 417. The highest BCUT2D eigenvalue weighted by atomic mass is 35.5. The second kappa shape index (κ2) is 7.99. The number of halogens is 1. The van der Waals surface area contributed by atoms with Crippen LogP contribution in [0, 0.1) is 11.3 Å². The fourth-order valence-corrected chi connectivity index (χ4v) is 2.10. The molecule has 1 amide bonds. The first-order valence-electron chi connectivity index (χ1n) is 5.23. The number of hydrogen-bond acceptors (Lipinski definition) is 3. The van der Waals surface area contributed by atoms with Gasteiger partial charge in [0.1, 0.15) is 0 Å². The maximum atomic E-state index is 11.5. The third-order valence-electron chi connectivity index (χ3n) is 1.96. The summed E-state index contributed by atoms with van der Waals surface area (Å²) in [4.78, 5) is 11.5. The van der Waals surface area contributed by atoms with Gasteiger partial charge in [0.05, 0.1) is 22.5 Å². The van der Waals surface area contributed by atoms with Gasteiger partial charge in [-0.25, -0.2) is 0 Å². The number of rotatable bonds is 6. The fourth-order valence-electron chi connectivity index (χ4n) is 1.17. The standard InChI is InChI=1S/C12H13ClN2OS/c13-10-5-1-2-6-11(10)15-12(16)9-17-8-4-3-7-14/h1-2,5-6H,3-4,8-9H2,(H,15,16). The molecule has 0 unspecified atom stereocenters. The van der Waals surface area contributed by atoms with E-state index >= 15 is 0 Å². The highest BCUT2D eigenvalue weighted by molar-refractivity contribution is 7.99. The van der Waals surface area contributed by atoms with Crippen molar-refractivity contribution < 1.29 is 4.79 Å². The molecule has 0 aliphatic heterocycles. The molecule has 0 spiro atoms. The third-order valence-corrected chi connectivity index (χ3v) is 3.33. The first-order chi connectivity index (χ1) is 8.24. The van der Waals surface area contributed by atoms with Crippen LogP contribution in [-0.4, -0.2) is 17.4 Å². The van der Waals surface area contributed by atoms with Gasteiger partial charge in [-0.3, -0.25) is 4.79 Å². The van der Waals surface area contributed by atoms with Crippen LogP contribution in [0.2, 0.25) is 5.02 Å². The lowest BCUT2D eigenvalue weighted by molar-refractivity contribution is -0.113. The number of nitrogens with zero attached hydrogens (tertiary/aromatic N) is 1. The molecule has 0 radical (unpaired) electrons. The van der Waals surface area contributed by atoms with Crippen LogP contribution in [0.4, 0.5) is 5.69 Å². The van der Waals surface area contributed by atoms with E-state index in [4.69, 9.17) is 16.9 Å². The summed E-state index contributed by atoms with van der Waals surface area (Å²) in [5, 5.41) is 11.6. The van der Waals surface area contributed by atoms with Crippen molar-refractivity contribution in [2.45, 2.75) is 12.8 Å². The molecule has 1 rings (SSSR count). The highest BCUT2D eigenvalue weighted by Gasteiger charge is 2.04. The summed E-state index contributed by atoms with van der Waals surface area (Å²) < 4.78 is 0. The van der Waals surface area contributed by atoms with Crippen molar-refractivity contribution in [3.05, 3.63) is 29.3 Å². The molecule has 0 bridgehead atoms. The van der Waals surface area contributed by atoms with Gasteiger partial charge in [0.25, 0.3) is 0 Å². The number of anilines is 1. The number of nitrogens with one attached hydrogen (secondary N) is 1. The number of nitriles is 1. The number of benzene rings is 1. The lowest BCUT2D eigenvalue weighted by Gasteiger charge is -2.06. The van der Waals surface area contributed by atoms with E-state index in [1.807, 2.05) is 12.1 Å². The van der Waals surface area contributed by atoms with Crippen molar-refractivity contribution in [3.63, 3.8) is 0 Å². The molecule has 0 saturated heterocycles. The first kappa shape index (κ1) is 13.9. The van der Waals surface area contributed by atoms with Crippen molar-refractivity contribution in [2.24, 2.45) is 0 Å². The van der Waals surface area contributed by atoms with Gasteiger partial charge in [-0.1, -0.05) is 23.7 Å². The van der Waals surface area contributed by atoms with Crippen molar-refractivity contribution >= 4 is 35.0 Å². The third kappa shape index (κ3) is 5.62. The smallest absolute Gasteiger partial charge is 0.234 e. The summed E-state index contributed by atoms with van der Waals surface area (Å²) in [6.07, 6.45) is 1.36. The minimum Gasteiger partial charge on any atom is -0.324 e.